The fourth-order valence-corrected chi connectivity index (χ4v) is 3.46. The number of sulfone groups is 1. The molecule has 0 fully saturated rings. The lowest BCUT2D eigenvalue weighted by Gasteiger charge is -2.08. The van der Waals surface area contributed by atoms with E-state index < -0.39 is 27.3 Å². The lowest BCUT2D eigenvalue weighted by atomic mass is 10.2. The average molecular weight is 376 g/mol. The lowest BCUT2D eigenvalue weighted by Crippen LogP contribution is -2.24. The third-order valence-corrected chi connectivity index (χ3v) is 5.08. The fourth-order valence-electron chi connectivity index (χ4n) is 1.88. The standard InChI is InChI=1S/C15H12Cl2FNO3S/c16-11-6-5-10(7-12(11)17)8-23(21,22)9-15(20)19-14-4-2-1-3-13(14)18/h1-7H,8-9H2,(H,19,20). The van der Waals surface area contributed by atoms with Crippen molar-refractivity contribution in [2.75, 3.05) is 11.1 Å². The van der Waals surface area contributed by atoms with Crippen molar-refractivity contribution < 1.29 is 17.6 Å². The zero-order valence-electron chi connectivity index (χ0n) is 11.7. The number of anilines is 1. The number of hydrogen-bond donors (Lipinski definition) is 1. The summed E-state index contributed by atoms with van der Waals surface area (Å²) in [5, 5.41) is 2.77. The van der Waals surface area contributed by atoms with Crippen LogP contribution in [0.4, 0.5) is 10.1 Å². The Morgan fingerprint density at radius 1 is 1.09 bits per heavy atom. The Morgan fingerprint density at radius 3 is 2.43 bits per heavy atom. The van der Waals surface area contributed by atoms with Crippen molar-refractivity contribution in [1.82, 2.24) is 0 Å². The van der Waals surface area contributed by atoms with Gasteiger partial charge in [-0.15, -0.1) is 0 Å². The van der Waals surface area contributed by atoms with Crippen LogP contribution in [0, 0.1) is 5.82 Å². The van der Waals surface area contributed by atoms with E-state index in [4.69, 9.17) is 23.2 Å². The number of carbonyl (C=O) groups is 1. The number of rotatable bonds is 5. The molecule has 0 atom stereocenters. The summed E-state index contributed by atoms with van der Waals surface area (Å²) >= 11 is 11.6. The van der Waals surface area contributed by atoms with Crippen molar-refractivity contribution in [3.63, 3.8) is 0 Å². The smallest absolute Gasteiger partial charge is 0.239 e. The van der Waals surface area contributed by atoms with Crippen molar-refractivity contribution in [1.29, 1.82) is 0 Å². The van der Waals surface area contributed by atoms with Crippen LogP contribution in [0.15, 0.2) is 42.5 Å². The molecule has 0 saturated carbocycles. The molecule has 0 heterocycles. The highest BCUT2D eigenvalue weighted by atomic mass is 35.5. The summed E-state index contributed by atoms with van der Waals surface area (Å²) in [4.78, 5) is 11.8. The summed E-state index contributed by atoms with van der Waals surface area (Å²) in [6.07, 6.45) is 0. The third kappa shape index (κ3) is 5.20. The molecule has 1 N–H and O–H groups in total. The number of nitrogens with one attached hydrogen (secondary N) is 1. The van der Waals surface area contributed by atoms with Gasteiger partial charge < -0.3 is 5.32 Å². The third-order valence-electron chi connectivity index (χ3n) is 2.87. The minimum atomic E-state index is -3.73. The van der Waals surface area contributed by atoms with Crippen LogP contribution in [0.3, 0.4) is 0 Å². The molecule has 0 radical (unpaired) electrons. The van der Waals surface area contributed by atoms with E-state index in [9.17, 15) is 17.6 Å². The minimum Gasteiger partial charge on any atom is -0.323 e. The van der Waals surface area contributed by atoms with Crippen molar-refractivity contribution in [2.45, 2.75) is 5.75 Å². The number of amides is 1. The summed E-state index contributed by atoms with van der Waals surface area (Å²) in [7, 11) is -3.73. The van der Waals surface area contributed by atoms with Crippen molar-refractivity contribution >= 4 is 44.6 Å². The van der Waals surface area contributed by atoms with Gasteiger partial charge in [-0.25, -0.2) is 12.8 Å². The first-order valence-corrected chi connectivity index (χ1v) is 9.03. The Balaban J connectivity index is 2.04. The maximum Gasteiger partial charge on any atom is 0.239 e. The number of para-hydroxylation sites is 1. The monoisotopic (exact) mass is 375 g/mol. The van der Waals surface area contributed by atoms with E-state index >= 15 is 0 Å². The maximum absolute atomic E-state index is 13.4. The van der Waals surface area contributed by atoms with Gasteiger partial charge in [0.15, 0.2) is 9.84 Å². The lowest BCUT2D eigenvalue weighted by molar-refractivity contribution is -0.113. The molecule has 2 rings (SSSR count). The first-order chi connectivity index (χ1) is 10.8. The van der Waals surface area contributed by atoms with E-state index in [1.165, 1.54) is 42.5 Å². The van der Waals surface area contributed by atoms with E-state index in [1.54, 1.807) is 0 Å². The molecule has 122 valence electrons. The van der Waals surface area contributed by atoms with Gasteiger partial charge in [0.25, 0.3) is 0 Å². The van der Waals surface area contributed by atoms with Crippen LogP contribution in [0.25, 0.3) is 0 Å². The van der Waals surface area contributed by atoms with Gasteiger partial charge in [0.2, 0.25) is 5.91 Å². The molecule has 1 amide bonds. The second-order valence-electron chi connectivity index (χ2n) is 4.81. The molecular weight excluding hydrogens is 364 g/mol. The second-order valence-corrected chi connectivity index (χ2v) is 7.69. The predicted molar refractivity (Wildman–Crippen MR) is 89.0 cm³/mol. The average Bonchev–Trinajstić information content (AvgIpc) is 2.44. The molecule has 0 spiro atoms. The molecular formula is C15H12Cl2FNO3S. The second kappa shape index (κ2) is 7.29. The van der Waals surface area contributed by atoms with Crippen LogP contribution in [0.1, 0.15) is 5.56 Å². The first kappa shape index (κ1) is 17.7. The zero-order valence-corrected chi connectivity index (χ0v) is 14.1. The number of benzene rings is 2. The van der Waals surface area contributed by atoms with Crippen LogP contribution in [0.5, 0.6) is 0 Å². The maximum atomic E-state index is 13.4. The summed E-state index contributed by atoms with van der Waals surface area (Å²) in [6, 6.07) is 9.93. The Kier molecular flexibility index (Phi) is 5.62. The Bertz CT molecular complexity index is 840. The van der Waals surface area contributed by atoms with Gasteiger partial charge in [-0.05, 0) is 29.8 Å². The Labute approximate surface area is 143 Å². The topological polar surface area (TPSA) is 63.2 Å². The van der Waals surface area contributed by atoms with Gasteiger partial charge in [0.1, 0.15) is 11.6 Å². The normalized spacial score (nSPS) is 11.3. The number of hydrogen-bond acceptors (Lipinski definition) is 3. The number of halogens is 3. The largest absolute Gasteiger partial charge is 0.323 e. The fraction of sp³-hybridized carbons (Fsp3) is 0.133. The molecule has 2 aromatic carbocycles. The van der Waals surface area contributed by atoms with Gasteiger partial charge in [0.05, 0.1) is 21.5 Å². The van der Waals surface area contributed by atoms with Gasteiger partial charge >= 0.3 is 0 Å². The van der Waals surface area contributed by atoms with Gasteiger partial charge in [-0.1, -0.05) is 41.4 Å². The molecule has 4 nitrogen and oxygen atoms in total. The predicted octanol–water partition coefficient (Wildman–Crippen LogP) is 3.69. The molecule has 0 saturated heterocycles. The molecule has 0 unspecified atom stereocenters. The highest BCUT2D eigenvalue weighted by molar-refractivity contribution is 7.91. The molecule has 2 aromatic rings. The summed E-state index contributed by atoms with van der Waals surface area (Å²) in [5.74, 6) is -2.58. The van der Waals surface area contributed by atoms with E-state index in [0.29, 0.717) is 10.6 Å². The van der Waals surface area contributed by atoms with Crippen LogP contribution >= 0.6 is 23.2 Å². The molecule has 0 aliphatic rings. The van der Waals surface area contributed by atoms with Crippen molar-refractivity contribution in [3.05, 3.63) is 63.9 Å². The van der Waals surface area contributed by atoms with E-state index in [0.717, 1.165) is 0 Å². The molecule has 8 heteroatoms. The van der Waals surface area contributed by atoms with Crippen LogP contribution < -0.4 is 5.32 Å². The molecule has 23 heavy (non-hydrogen) atoms. The SMILES string of the molecule is O=C(CS(=O)(=O)Cc1ccc(Cl)c(Cl)c1)Nc1ccccc1F. The molecule has 0 bridgehead atoms. The number of carbonyl (C=O) groups excluding carboxylic acids is 1. The van der Waals surface area contributed by atoms with E-state index in [2.05, 4.69) is 5.32 Å². The van der Waals surface area contributed by atoms with Crippen LogP contribution in [0.2, 0.25) is 10.0 Å². The van der Waals surface area contributed by atoms with Crippen molar-refractivity contribution in [3.8, 4) is 0 Å². The van der Waals surface area contributed by atoms with Crippen molar-refractivity contribution in [2.24, 2.45) is 0 Å². The van der Waals surface area contributed by atoms with Crippen LogP contribution in [-0.4, -0.2) is 20.1 Å². The van der Waals surface area contributed by atoms with Crippen LogP contribution in [-0.2, 0) is 20.4 Å². The highest BCUT2D eigenvalue weighted by Crippen LogP contribution is 2.23. The summed E-state index contributed by atoms with van der Waals surface area (Å²) < 4.78 is 37.5. The first-order valence-electron chi connectivity index (χ1n) is 6.45. The van der Waals surface area contributed by atoms with Gasteiger partial charge in [-0.3, -0.25) is 4.79 Å². The minimum absolute atomic E-state index is 0.0674. The van der Waals surface area contributed by atoms with E-state index in [-0.39, 0.29) is 16.5 Å². The van der Waals surface area contributed by atoms with Gasteiger partial charge in [0, 0.05) is 0 Å². The van der Waals surface area contributed by atoms with E-state index in [1.807, 2.05) is 0 Å². The molecule has 0 aliphatic heterocycles. The molecule has 0 aromatic heterocycles. The zero-order chi connectivity index (χ0) is 17.0. The quantitative estimate of drug-likeness (QED) is 0.866. The Morgan fingerprint density at radius 2 is 1.78 bits per heavy atom. The summed E-state index contributed by atoms with van der Waals surface area (Å²) in [6.45, 7) is 0. The Hall–Kier alpha value is -1.63. The highest BCUT2D eigenvalue weighted by Gasteiger charge is 2.19. The summed E-state index contributed by atoms with van der Waals surface area (Å²) in [5.41, 5.74) is 0.348. The van der Waals surface area contributed by atoms with Gasteiger partial charge in [-0.2, -0.15) is 0 Å². The molecule has 0 aliphatic carbocycles.